The quantitative estimate of drug-likeness (QED) is 0.902. The van der Waals surface area contributed by atoms with Crippen LogP contribution in [-0.2, 0) is 0 Å². The second-order valence-electron chi connectivity index (χ2n) is 5.11. The average Bonchev–Trinajstić information content (AvgIpc) is 3.07. The van der Waals surface area contributed by atoms with E-state index >= 15 is 0 Å². The summed E-state index contributed by atoms with van der Waals surface area (Å²) in [6.45, 7) is 1.77. The van der Waals surface area contributed by atoms with Gasteiger partial charge < -0.3 is 15.1 Å². The molecule has 1 atom stereocenters. The molecule has 1 aromatic heterocycles. The summed E-state index contributed by atoms with van der Waals surface area (Å²) < 4.78 is 6.47. The van der Waals surface area contributed by atoms with Gasteiger partial charge in [0.2, 0.25) is 0 Å². The number of nitrogens with one attached hydrogen (secondary N) is 2. The molecule has 2 heterocycles. The van der Waals surface area contributed by atoms with Crippen LogP contribution in [0.2, 0.25) is 0 Å². The fourth-order valence-electron chi connectivity index (χ4n) is 2.59. The van der Waals surface area contributed by atoms with E-state index in [9.17, 15) is 4.79 Å². The molecular weight excluding hydrogens is 320 g/mol. The first-order valence-electron chi connectivity index (χ1n) is 6.94. The summed E-state index contributed by atoms with van der Waals surface area (Å²) in [7, 11) is 0. The summed E-state index contributed by atoms with van der Waals surface area (Å²) >= 11 is 3.42. The molecule has 0 saturated carbocycles. The number of benzene rings is 1. The Morgan fingerprint density at radius 3 is 3.15 bits per heavy atom. The lowest BCUT2D eigenvalue weighted by molar-refractivity contribution is 0.0927. The van der Waals surface area contributed by atoms with Gasteiger partial charge in [-0.25, -0.2) is 0 Å². The summed E-state index contributed by atoms with van der Waals surface area (Å²) in [4.78, 5) is 12.1. The van der Waals surface area contributed by atoms with Crippen molar-refractivity contribution < 1.29 is 9.21 Å². The van der Waals surface area contributed by atoms with Crippen LogP contribution in [-0.4, -0.2) is 25.0 Å². The topological polar surface area (TPSA) is 54.3 Å². The van der Waals surface area contributed by atoms with Crippen LogP contribution in [0.25, 0.3) is 11.0 Å². The lowest BCUT2D eigenvalue weighted by Gasteiger charge is -2.09. The Hall–Kier alpha value is -1.33. The van der Waals surface area contributed by atoms with Crippen molar-refractivity contribution in [2.45, 2.75) is 25.3 Å². The van der Waals surface area contributed by atoms with Gasteiger partial charge in [0.1, 0.15) is 5.58 Å². The molecule has 20 heavy (non-hydrogen) atoms. The van der Waals surface area contributed by atoms with Crippen LogP contribution in [0.15, 0.2) is 33.2 Å². The monoisotopic (exact) mass is 336 g/mol. The Kier molecular flexibility index (Phi) is 4.08. The molecule has 0 bridgehead atoms. The molecule has 5 heteroatoms. The van der Waals surface area contributed by atoms with Crippen LogP contribution in [0, 0.1) is 0 Å². The molecule has 4 nitrogen and oxygen atoms in total. The number of carbonyl (C=O) groups excluding carboxylic acids is 1. The highest BCUT2D eigenvalue weighted by Crippen LogP contribution is 2.26. The number of hydrogen-bond donors (Lipinski definition) is 2. The predicted molar refractivity (Wildman–Crippen MR) is 81.9 cm³/mol. The number of hydrogen-bond acceptors (Lipinski definition) is 3. The Labute approximate surface area is 126 Å². The summed E-state index contributed by atoms with van der Waals surface area (Å²) in [5.41, 5.74) is 0.718. The normalized spacial score (nSPS) is 18.6. The highest BCUT2D eigenvalue weighted by atomic mass is 79.9. The molecule has 106 valence electrons. The van der Waals surface area contributed by atoms with E-state index in [1.165, 1.54) is 12.8 Å². The Morgan fingerprint density at radius 1 is 1.50 bits per heavy atom. The van der Waals surface area contributed by atoms with E-state index in [2.05, 4.69) is 26.6 Å². The van der Waals surface area contributed by atoms with Crippen LogP contribution >= 0.6 is 15.9 Å². The fourth-order valence-corrected chi connectivity index (χ4v) is 3.05. The van der Waals surface area contributed by atoms with Gasteiger partial charge in [0.15, 0.2) is 5.76 Å². The molecular formula is C15H17BrN2O2. The van der Waals surface area contributed by atoms with Crippen LogP contribution < -0.4 is 10.6 Å². The number of amides is 1. The second kappa shape index (κ2) is 5.97. The Balaban J connectivity index is 1.61. The van der Waals surface area contributed by atoms with Crippen LogP contribution in [0.5, 0.6) is 0 Å². The first-order chi connectivity index (χ1) is 9.74. The molecule has 2 N–H and O–H groups in total. The lowest BCUT2D eigenvalue weighted by Crippen LogP contribution is -2.30. The minimum atomic E-state index is -0.147. The van der Waals surface area contributed by atoms with Crippen molar-refractivity contribution in [2.24, 2.45) is 0 Å². The van der Waals surface area contributed by atoms with Crippen molar-refractivity contribution in [3.8, 4) is 0 Å². The zero-order chi connectivity index (χ0) is 13.9. The smallest absolute Gasteiger partial charge is 0.287 e. The van der Waals surface area contributed by atoms with Crippen molar-refractivity contribution >= 4 is 32.8 Å². The van der Waals surface area contributed by atoms with Crippen molar-refractivity contribution in [2.75, 3.05) is 13.1 Å². The fraction of sp³-hybridized carbons (Fsp3) is 0.400. The third kappa shape index (κ3) is 2.88. The van der Waals surface area contributed by atoms with Gasteiger partial charge >= 0.3 is 0 Å². The molecule has 2 aromatic rings. The number of rotatable bonds is 4. The van der Waals surface area contributed by atoms with Gasteiger partial charge in [-0.2, -0.15) is 0 Å². The van der Waals surface area contributed by atoms with E-state index in [0.29, 0.717) is 18.3 Å². The lowest BCUT2D eigenvalue weighted by atomic mass is 10.1. The molecule has 1 aliphatic heterocycles. The van der Waals surface area contributed by atoms with Gasteiger partial charge in [-0.05, 0) is 53.9 Å². The van der Waals surface area contributed by atoms with E-state index < -0.39 is 0 Å². The molecule has 0 spiro atoms. The van der Waals surface area contributed by atoms with Gasteiger partial charge in [-0.3, -0.25) is 4.79 Å². The second-order valence-corrected chi connectivity index (χ2v) is 5.96. The van der Waals surface area contributed by atoms with Crippen LogP contribution in [0.1, 0.15) is 29.8 Å². The number of fused-ring (bicyclic) bond motifs is 1. The number of carbonyl (C=O) groups is 1. The van der Waals surface area contributed by atoms with Crippen molar-refractivity contribution in [1.29, 1.82) is 0 Å². The Bertz CT molecular complexity index is 617. The number of halogens is 1. The van der Waals surface area contributed by atoms with Crippen LogP contribution in [0.4, 0.5) is 0 Å². The Morgan fingerprint density at radius 2 is 2.40 bits per heavy atom. The minimum Gasteiger partial charge on any atom is -0.450 e. The molecule has 3 rings (SSSR count). The minimum absolute atomic E-state index is 0.147. The number of furan rings is 1. The maximum atomic E-state index is 12.1. The first-order valence-corrected chi connectivity index (χ1v) is 7.73. The molecule has 1 aliphatic rings. The molecule has 1 saturated heterocycles. The summed E-state index contributed by atoms with van der Waals surface area (Å²) in [5.74, 6) is 0.220. The largest absolute Gasteiger partial charge is 0.450 e. The maximum Gasteiger partial charge on any atom is 0.287 e. The molecule has 1 aromatic carbocycles. The van der Waals surface area contributed by atoms with Gasteiger partial charge in [-0.15, -0.1) is 0 Å². The van der Waals surface area contributed by atoms with Gasteiger partial charge in [0.05, 0.1) is 4.47 Å². The molecule has 1 fully saturated rings. The van der Waals surface area contributed by atoms with E-state index in [1.54, 1.807) is 6.07 Å². The SMILES string of the molecule is O=C(NCCC1CCCN1)c1cc2cccc(Br)c2o1. The van der Waals surface area contributed by atoms with Crippen molar-refractivity contribution in [3.05, 3.63) is 34.5 Å². The summed E-state index contributed by atoms with van der Waals surface area (Å²) in [6, 6.07) is 8.08. The highest BCUT2D eigenvalue weighted by Gasteiger charge is 2.16. The highest BCUT2D eigenvalue weighted by molar-refractivity contribution is 9.10. The van der Waals surface area contributed by atoms with E-state index in [-0.39, 0.29) is 5.91 Å². The van der Waals surface area contributed by atoms with E-state index in [4.69, 9.17) is 4.42 Å². The van der Waals surface area contributed by atoms with E-state index in [1.807, 2.05) is 18.2 Å². The number of para-hydroxylation sites is 1. The van der Waals surface area contributed by atoms with Gasteiger partial charge in [0.25, 0.3) is 5.91 Å². The third-order valence-corrected chi connectivity index (χ3v) is 4.29. The molecule has 0 aliphatic carbocycles. The summed E-state index contributed by atoms with van der Waals surface area (Å²) in [6.07, 6.45) is 3.40. The van der Waals surface area contributed by atoms with Crippen molar-refractivity contribution in [3.63, 3.8) is 0 Å². The zero-order valence-electron chi connectivity index (χ0n) is 11.1. The molecule has 0 radical (unpaired) electrons. The average molecular weight is 337 g/mol. The zero-order valence-corrected chi connectivity index (χ0v) is 12.7. The molecule has 1 amide bonds. The first kappa shape index (κ1) is 13.6. The van der Waals surface area contributed by atoms with Gasteiger partial charge in [-0.1, -0.05) is 12.1 Å². The van der Waals surface area contributed by atoms with Crippen LogP contribution in [0.3, 0.4) is 0 Å². The maximum absolute atomic E-state index is 12.1. The standard InChI is InChI=1S/C15H17BrN2O2/c16-12-5-1-3-10-9-13(20-14(10)12)15(19)18-8-6-11-4-2-7-17-11/h1,3,5,9,11,17H,2,4,6-8H2,(H,18,19). The van der Waals surface area contributed by atoms with E-state index in [0.717, 1.165) is 28.4 Å². The predicted octanol–water partition coefficient (Wildman–Crippen LogP) is 3.07. The summed E-state index contributed by atoms with van der Waals surface area (Å²) in [5, 5.41) is 7.27. The molecule has 1 unspecified atom stereocenters. The third-order valence-electron chi connectivity index (χ3n) is 3.66. The van der Waals surface area contributed by atoms with Gasteiger partial charge in [0, 0.05) is 18.0 Å². The van der Waals surface area contributed by atoms with Crippen molar-refractivity contribution in [1.82, 2.24) is 10.6 Å².